The van der Waals surface area contributed by atoms with Gasteiger partial charge in [-0.25, -0.2) is 9.59 Å². The number of rotatable bonds is 4. The van der Waals surface area contributed by atoms with Gasteiger partial charge in [-0.15, -0.1) is 0 Å². The average Bonchev–Trinajstić information content (AvgIpc) is 3.67. The fraction of sp³-hybridized carbons (Fsp3) is 0.441. The summed E-state index contributed by atoms with van der Waals surface area (Å²) in [7, 11) is 4.51. The summed E-state index contributed by atoms with van der Waals surface area (Å²) in [6, 6.07) is 10.2. The molecule has 48 heavy (non-hydrogen) atoms. The zero-order chi connectivity index (χ0) is 34.8. The molecule has 0 aliphatic carbocycles. The second-order valence-electron chi connectivity index (χ2n) is 12.5. The summed E-state index contributed by atoms with van der Waals surface area (Å²) in [4.78, 5) is 41.1. The first-order valence-electron chi connectivity index (χ1n) is 15.5. The van der Waals surface area contributed by atoms with Crippen molar-refractivity contribution in [3.05, 3.63) is 70.8 Å². The quantitative estimate of drug-likeness (QED) is 0.261. The van der Waals surface area contributed by atoms with Gasteiger partial charge >= 0.3 is 12.2 Å². The van der Waals surface area contributed by atoms with Crippen molar-refractivity contribution in [2.45, 2.75) is 75.3 Å². The number of carbonyl (C=O) groups is 3. The van der Waals surface area contributed by atoms with Crippen molar-refractivity contribution in [2.75, 3.05) is 37.2 Å². The van der Waals surface area contributed by atoms with Gasteiger partial charge in [0.15, 0.2) is 5.72 Å². The number of hydrogen-bond donors (Lipinski definition) is 4. The largest absolute Gasteiger partial charge is 0.495 e. The molecule has 0 spiro atoms. The van der Waals surface area contributed by atoms with Crippen LogP contribution in [0.4, 0.5) is 26.7 Å². The number of ether oxygens (including phenoxy) is 5. The second kappa shape index (κ2) is 14.0. The predicted molar refractivity (Wildman–Crippen MR) is 179 cm³/mol. The van der Waals surface area contributed by atoms with Crippen LogP contribution >= 0.6 is 11.6 Å². The minimum atomic E-state index is -1.79. The zero-order valence-corrected chi connectivity index (χ0v) is 28.2. The molecule has 2 fully saturated rings. The number of aliphatic hydroxyl groups is 1. The maximum absolute atomic E-state index is 13.9. The number of anilines is 3. The van der Waals surface area contributed by atoms with Crippen molar-refractivity contribution in [1.29, 1.82) is 0 Å². The molecule has 3 amide bonds. The van der Waals surface area contributed by atoms with Gasteiger partial charge in [0.25, 0.3) is 0 Å². The molecule has 2 aromatic carbocycles. The first-order valence-corrected chi connectivity index (χ1v) is 15.8. The fourth-order valence-electron chi connectivity index (χ4n) is 6.14. The highest BCUT2D eigenvalue weighted by molar-refractivity contribution is 6.35. The molecule has 0 saturated carbocycles. The van der Waals surface area contributed by atoms with Crippen LogP contribution in [-0.2, 0) is 30.2 Å². The van der Waals surface area contributed by atoms with Crippen LogP contribution in [0.3, 0.4) is 0 Å². The summed E-state index contributed by atoms with van der Waals surface area (Å²) in [6.45, 7) is 3.64. The van der Waals surface area contributed by atoms with Crippen molar-refractivity contribution in [3.8, 4) is 5.75 Å². The highest BCUT2D eigenvalue weighted by Crippen LogP contribution is 2.46. The van der Waals surface area contributed by atoms with Gasteiger partial charge in [-0.1, -0.05) is 41.5 Å². The third-order valence-corrected chi connectivity index (χ3v) is 9.26. The normalized spacial score (nSPS) is 30.9. The van der Waals surface area contributed by atoms with Crippen LogP contribution in [-0.4, -0.2) is 80.2 Å². The minimum Gasteiger partial charge on any atom is -0.495 e. The van der Waals surface area contributed by atoms with Gasteiger partial charge in [0, 0.05) is 38.4 Å². The first kappa shape index (κ1) is 35.0. The van der Waals surface area contributed by atoms with Gasteiger partial charge in [-0.2, -0.15) is 0 Å². The summed E-state index contributed by atoms with van der Waals surface area (Å²) in [6.07, 6.45) is 0.568. The van der Waals surface area contributed by atoms with Crippen LogP contribution in [0.2, 0.25) is 5.02 Å². The number of nitrogens with zero attached hydrogens (tertiary/aromatic N) is 1. The van der Waals surface area contributed by atoms with E-state index < -0.39 is 53.8 Å². The van der Waals surface area contributed by atoms with E-state index in [4.69, 9.17) is 41.0 Å². The maximum Gasteiger partial charge on any atom is 0.412 e. The van der Waals surface area contributed by atoms with Crippen molar-refractivity contribution in [1.82, 2.24) is 5.32 Å². The monoisotopic (exact) mass is 684 g/mol. The number of fused-ring (bicyclic) bond motifs is 5. The Kier molecular flexibility index (Phi) is 10.2. The first-order chi connectivity index (χ1) is 22.7. The van der Waals surface area contributed by atoms with E-state index in [-0.39, 0.29) is 24.3 Å². The summed E-state index contributed by atoms with van der Waals surface area (Å²) < 4.78 is 28.6. The number of epoxide rings is 1. The summed E-state index contributed by atoms with van der Waals surface area (Å²) in [5.74, 6) is -0.0262. The van der Waals surface area contributed by atoms with E-state index in [9.17, 15) is 19.5 Å². The number of benzene rings is 2. The third kappa shape index (κ3) is 7.70. The average molecular weight is 685 g/mol. The highest BCUT2D eigenvalue weighted by Gasteiger charge is 2.61. The molecule has 0 unspecified atom stereocenters. The molecule has 3 aliphatic heterocycles. The summed E-state index contributed by atoms with van der Waals surface area (Å²) >= 11 is 6.70. The zero-order valence-electron chi connectivity index (χ0n) is 27.4. The predicted octanol–water partition coefficient (Wildman–Crippen LogP) is 4.71. The molecule has 13 nitrogen and oxygen atoms in total. The SMILES string of the molecule is COc1cc2cc(c1Cl)N(C)C(=O)C[C@H](OC(=O)Nc1cccc(N)c1)[C@]1(C)O[C@H]1C[C@@H]1C[C@@](O)(NC(=O)O1)[C@H](OC)/C=C/C=C(\C)C2. The van der Waals surface area contributed by atoms with Crippen LogP contribution in [0, 0.1) is 0 Å². The number of alkyl carbamates (subject to hydrolysis) is 1. The molecule has 4 bridgehead atoms. The Morgan fingerprint density at radius 1 is 1.23 bits per heavy atom. The van der Waals surface area contributed by atoms with Crippen LogP contribution < -0.4 is 26.0 Å². The number of nitrogens with one attached hydrogen (secondary N) is 2. The van der Waals surface area contributed by atoms with E-state index >= 15 is 0 Å². The highest BCUT2D eigenvalue weighted by atomic mass is 35.5. The second-order valence-corrected chi connectivity index (χ2v) is 12.8. The van der Waals surface area contributed by atoms with Crippen LogP contribution in [0.15, 0.2) is 60.2 Å². The maximum atomic E-state index is 13.9. The Morgan fingerprint density at radius 3 is 2.71 bits per heavy atom. The number of hydrogen-bond acceptors (Lipinski definition) is 10. The molecule has 6 atom stereocenters. The van der Waals surface area contributed by atoms with Gasteiger partial charge in [-0.05, 0) is 56.2 Å². The Labute approximate surface area is 283 Å². The topological polar surface area (TPSA) is 174 Å². The molecule has 2 aromatic rings. The lowest BCUT2D eigenvalue weighted by molar-refractivity contribution is -0.135. The molecular formula is C34H41ClN4O9. The molecule has 2 saturated heterocycles. The van der Waals surface area contributed by atoms with Gasteiger partial charge in [0.05, 0.1) is 25.3 Å². The lowest BCUT2D eigenvalue weighted by Crippen LogP contribution is -2.62. The van der Waals surface area contributed by atoms with E-state index in [1.165, 1.54) is 19.1 Å². The number of carbonyl (C=O) groups excluding carboxylic acids is 3. The van der Waals surface area contributed by atoms with Gasteiger partial charge in [0.1, 0.15) is 34.7 Å². The lowest BCUT2D eigenvalue weighted by atomic mass is 9.90. The molecule has 5 rings (SSSR count). The van der Waals surface area contributed by atoms with Crippen molar-refractivity contribution < 1.29 is 43.2 Å². The van der Waals surface area contributed by atoms with Crippen molar-refractivity contribution in [2.24, 2.45) is 0 Å². The Bertz CT molecular complexity index is 1630. The third-order valence-electron chi connectivity index (χ3n) is 8.88. The number of allylic oxidation sites excluding steroid dienone is 3. The summed E-state index contributed by atoms with van der Waals surface area (Å²) in [5, 5.41) is 16.9. The molecule has 0 radical (unpaired) electrons. The minimum absolute atomic E-state index is 0.0204. The van der Waals surface area contributed by atoms with Gasteiger partial charge in [-0.3, -0.25) is 15.4 Å². The van der Waals surface area contributed by atoms with E-state index in [0.29, 0.717) is 29.2 Å². The van der Waals surface area contributed by atoms with E-state index in [0.717, 1.165) is 11.1 Å². The van der Waals surface area contributed by atoms with Crippen LogP contribution in [0.1, 0.15) is 38.7 Å². The number of amides is 3. The number of halogens is 1. The Balaban J connectivity index is 1.51. The molecule has 5 N–H and O–H groups in total. The fourth-order valence-corrected chi connectivity index (χ4v) is 6.46. The lowest BCUT2D eigenvalue weighted by Gasteiger charge is -2.40. The Hall–Kier alpha value is -4.30. The van der Waals surface area contributed by atoms with E-state index in [2.05, 4.69) is 10.6 Å². The Morgan fingerprint density at radius 2 is 2.00 bits per heavy atom. The molecule has 3 aliphatic rings. The number of methoxy groups -OCH3 is 2. The van der Waals surface area contributed by atoms with Crippen molar-refractivity contribution >= 4 is 46.8 Å². The molecule has 14 heteroatoms. The van der Waals surface area contributed by atoms with Crippen LogP contribution in [0.25, 0.3) is 0 Å². The molecule has 0 aromatic heterocycles. The summed E-state index contributed by atoms with van der Waals surface area (Å²) in [5.41, 5.74) is 5.94. The number of nitrogens with two attached hydrogens (primary N) is 1. The van der Waals surface area contributed by atoms with Gasteiger partial charge in [0.2, 0.25) is 5.91 Å². The molecular weight excluding hydrogens is 644 g/mol. The molecule has 3 heterocycles. The van der Waals surface area contributed by atoms with Gasteiger partial charge < -0.3 is 39.4 Å². The van der Waals surface area contributed by atoms with Crippen LogP contribution in [0.5, 0.6) is 5.75 Å². The van der Waals surface area contributed by atoms with E-state index in [1.54, 1.807) is 62.5 Å². The van der Waals surface area contributed by atoms with E-state index in [1.807, 2.05) is 13.0 Å². The van der Waals surface area contributed by atoms with Crippen molar-refractivity contribution in [3.63, 3.8) is 0 Å². The standard InChI is InChI=1S/C34H41ClN4O9/c1-19-8-6-11-26(45-5)34(43)18-23(46-32(42)38-34)16-28-33(2,48-28)27(47-31(41)37-22-10-7-9-21(36)15-22)17-29(40)39(3)24-13-20(12-19)14-25(44-4)30(24)35/h6-11,13-15,23,26-28,43H,12,16-18,36H2,1-5H3,(H,37,41)(H,38,42)/b11-6+,19-8+/t23-,26-,27+,28+,33+,34+/m1/s1. The number of nitrogen functional groups attached to an aromatic ring is 1. The smallest absolute Gasteiger partial charge is 0.412 e. The molecule has 258 valence electrons.